The van der Waals surface area contributed by atoms with Crippen molar-refractivity contribution in [1.82, 2.24) is 10.2 Å². The van der Waals surface area contributed by atoms with Crippen molar-refractivity contribution in [2.24, 2.45) is 0 Å². The molecular weight excluding hydrogens is 384 g/mol. The first-order valence-electron chi connectivity index (χ1n) is 9.18. The molecule has 3 aromatic rings. The second-order valence-electron chi connectivity index (χ2n) is 7.64. The summed E-state index contributed by atoms with van der Waals surface area (Å²) < 4.78 is 5.72. The van der Waals surface area contributed by atoms with Crippen LogP contribution in [0.25, 0.3) is 11.5 Å². The first-order valence-corrected chi connectivity index (χ1v) is 10.1. The molecule has 0 unspecified atom stereocenters. The van der Waals surface area contributed by atoms with Gasteiger partial charge in [-0.1, -0.05) is 50.7 Å². The Hall–Kier alpha value is -3.11. The summed E-state index contributed by atoms with van der Waals surface area (Å²) in [5.41, 5.74) is 3.20. The zero-order valence-electron chi connectivity index (χ0n) is 16.8. The Morgan fingerprint density at radius 2 is 1.90 bits per heavy atom. The van der Waals surface area contributed by atoms with Crippen LogP contribution in [0.15, 0.2) is 58.2 Å². The van der Waals surface area contributed by atoms with Crippen LogP contribution in [0.4, 0.5) is 5.69 Å². The number of carbonyl (C=O) groups excluding carboxylic acids is 1. The Morgan fingerprint density at radius 3 is 2.55 bits per heavy atom. The van der Waals surface area contributed by atoms with Gasteiger partial charge in [0.05, 0.1) is 16.9 Å². The van der Waals surface area contributed by atoms with Crippen molar-refractivity contribution in [2.75, 3.05) is 5.32 Å². The van der Waals surface area contributed by atoms with Gasteiger partial charge >= 0.3 is 0 Å². The molecule has 148 valence electrons. The lowest BCUT2D eigenvalue weighted by molar-refractivity contribution is -0.115. The van der Waals surface area contributed by atoms with E-state index in [9.17, 15) is 4.79 Å². The van der Waals surface area contributed by atoms with Crippen LogP contribution in [0.1, 0.15) is 38.8 Å². The van der Waals surface area contributed by atoms with Crippen molar-refractivity contribution in [3.8, 4) is 17.5 Å². The number of carbonyl (C=O) groups is 1. The summed E-state index contributed by atoms with van der Waals surface area (Å²) in [6.07, 6.45) is 0. The third-order valence-electron chi connectivity index (χ3n) is 4.31. The third kappa shape index (κ3) is 5.24. The average Bonchev–Trinajstić information content (AvgIpc) is 3.16. The van der Waals surface area contributed by atoms with Gasteiger partial charge in [-0.2, -0.15) is 5.26 Å². The van der Waals surface area contributed by atoms with Gasteiger partial charge in [0, 0.05) is 11.3 Å². The summed E-state index contributed by atoms with van der Waals surface area (Å²) >= 11 is 1.19. The molecule has 1 atom stereocenters. The van der Waals surface area contributed by atoms with Crippen molar-refractivity contribution < 1.29 is 9.21 Å². The zero-order chi connectivity index (χ0) is 21.0. The zero-order valence-corrected chi connectivity index (χ0v) is 17.6. The van der Waals surface area contributed by atoms with E-state index in [2.05, 4.69) is 48.4 Å². The molecule has 0 aliphatic heterocycles. The summed E-state index contributed by atoms with van der Waals surface area (Å²) in [6.45, 7) is 8.24. The van der Waals surface area contributed by atoms with Gasteiger partial charge in [0.2, 0.25) is 11.8 Å². The first-order chi connectivity index (χ1) is 13.8. The number of hydrogen-bond donors (Lipinski definition) is 1. The van der Waals surface area contributed by atoms with E-state index < -0.39 is 5.25 Å². The van der Waals surface area contributed by atoms with E-state index in [1.807, 2.05) is 18.2 Å². The van der Waals surface area contributed by atoms with Crippen LogP contribution in [0, 0.1) is 11.3 Å². The van der Waals surface area contributed by atoms with Gasteiger partial charge in [-0.25, -0.2) is 0 Å². The summed E-state index contributed by atoms with van der Waals surface area (Å²) in [5, 5.41) is 19.8. The minimum Gasteiger partial charge on any atom is -0.411 e. The molecular formula is C22H22N4O2S. The molecule has 7 heteroatoms. The van der Waals surface area contributed by atoms with Crippen molar-refractivity contribution >= 4 is 23.4 Å². The van der Waals surface area contributed by atoms with Crippen LogP contribution in [0.3, 0.4) is 0 Å². The SMILES string of the molecule is C[C@H](Sc1nnc(-c2ccc(C(C)(C)C)cc2)o1)C(=O)Nc1cccc(C#N)c1. The summed E-state index contributed by atoms with van der Waals surface area (Å²) in [7, 11) is 0. The van der Waals surface area contributed by atoms with Crippen LogP contribution in [-0.4, -0.2) is 21.4 Å². The number of rotatable bonds is 5. The predicted octanol–water partition coefficient (Wildman–Crippen LogP) is 5.03. The Morgan fingerprint density at radius 1 is 1.17 bits per heavy atom. The summed E-state index contributed by atoms with van der Waals surface area (Å²) in [6, 6.07) is 16.8. The fourth-order valence-corrected chi connectivity index (χ4v) is 3.29. The molecule has 0 radical (unpaired) electrons. The van der Waals surface area contributed by atoms with E-state index in [4.69, 9.17) is 9.68 Å². The van der Waals surface area contributed by atoms with Crippen LogP contribution in [0.5, 0.6) is 0 Å². The number of benzene rings is 2. The number of thioether (sulfide) groups is 1. The summed E-state index contributed by atoms with van der Waals surface area (Å²) in [5.74, 6) is 0.210. The second kappa shape index (κ2) is 8.50. The molecule has 29 heavy (non-hydrogen) atoms. The molecule has 6 nitrogen and oxygen atoms in total. The van der Waals surface area contributed by atoms with Crippen molar-refractivity contribution in [2.45, 2.75) is 43.6 Å². The number of anilines is 1. The Labute approximate surface area is 174 Å². The molecule has 1 amide bonds. The number of aromatic nitrogens is 2. The molecule has 1 heterocycles. The average molecular weight is 407 g/mol. The van der Waals surface area contributed by atoms with Gasteiger partial charge in [-0.3, -0.25) is 4.79 Å². The minimum absolute atomic E-state index is 0.0733. The van der Waals surface area contributed by atoms with Crippen LogP contribution >= 0.6 is 11.8 Å². The van der Waals surface area contributed by atoms with Gasteiger partial charge in [0.25, 0.3) is 5.22 Å². The maximum absolute atomic E-state index is 12.4. The lowest BCUT2D eigenvalue weighted by atomic mass is 9.87. The monoisotopic (exact) mass is 406 g/mol. The fourth-order valence-electron chi connectivity index (χ4n) is 2.60. The standard InChI is InChI=1S/C22H22N4O2S/c1-14(19(27)24-18-7-5-6-15(12-18)13-23)29-21-26-25-20(28-21)16-8-10-17(11-9-16)22(2,3)4/h5-12,14H,1-4H3,(H,24,27)/t14-/m0/s1. The van der Waals surface area contributed by atoms with Gasteiger partial charge in [-0.15, -0.1) is 10.2 Å². The van der Waals surface area contributed by atoms with Gasteiger partial charge in [-0.05, 0) is 48.2 Å². The first kappa shape index (κ1) is 20.6. The normalized spacial score (nSPS) is 12.2. The second-order valence-corrected chi connectivity index (χ2v) is 8.93. The highest BCUT2D eigenvalue weighted by Crippen LogP contribution is 2.29. The highest BCUT2D eigenvalue weighted by molar-refractivity contribution is 8.00. The van der Waals surface area contributed by atoms with Crippen LogP contribution in [-0.2, 0) is 10.2 Å². The van der Waals surface area contributed by atoms with Crippen molar-refractivity contribution in [3.05, 3.63) is 59.7 Å². The van der Waals surface area contributed by atoms with Gasteiger partial charge in [0.15, 0.2) is 0 Å². The Balaban J connectivity index is 1.64. The summed E-state index contributed by atoms with van der Waals surface area (Å²) in [4.78, 5) is 12.4. The quantitative estimate of drug-likeness (QED) is 0.598. The molecule has 3 rings (SSSR count). The number of hydrogen-bond acceptors (Lipinski definition) is 6. The number of nitrogens with zero attached hydrogens (tertiary/aromatic N) is 3. The van der Waals surface area contributed by atoms with E-state index in [1.54, 1.807) is 31.2 Å². The molecule has 0 aliphatic carbocycles. The molecule has 0 aliphatic rings. The number of amides is 1. The van der Waals surface area contributed by atoms with Crippen LogP contribution in [0.2, 0.25) is 0 Å². The van der Waals surface area contributed by atoms with E-state index in [1.165, 1.54) is 17.3 Å². The van der Waals surface area contributed by atoms with Gasteiger partial charge in [0.1, 0.15) is 0 Å². The minimum atomic E-state index is -0.447. The molecule has 2 aromatic carbocycles. The molecule has 0 saturated carbocycles. The molecule has 0 bridgehead atoms. The topological polar surface area (TPSA) is 91.8 Å². The number of nitrogens with one attached hydrogen (secondary N) is 1. The third-order valence-corrected chi connectivity index (χ3v) is 5.24. The highest BCUT2D eigenvalue weighted by atomic mass is 32.2. The van der Waals surface area contributed by atoms with Crippen molar-refractivity contribution in [3.63, 3.8) is 0 Å². The van der Waals surface area contributed by atoms with Crippen molar-refractivity contribution in [1.29, 1.82) is 5.26 Å². The van der Waals surface area contributed by atoms with Crippen LogP contribution < -0.4 is 5.32 Å². The highest BCUT2D eigenvalue weighted by Gasteiger charge is 2.19. The Bertz CT molecular complexity index is 1050. The lowest BCUT2D eigenvalue weighted by Crippen LogP contribution is -2.22. The largest absolute Gasteiger partial charge is 0.411 e. The van der Waals surface area contributed by atoms with E-state index >= 15 is 0 Å². The smallest absolute Gasteiger partial charge is 0.277 e. The molecule has 0 spiro atoms. The molecule has 1 aromatic heterocycles. The molecule has 0 fully saturated rings. The number of nitriles is 1. The maximum atomic E-state index is 12.4. The maximum Gasteiger partial charge on any atom is 0.277 e. The molecule has 0 saturated heterocycles. The van der Waals surface area contributed by atoms with Gasteiger partial charge < -0.3 is 9.73 Å². The molecule has 1 N–H and O–H groups in total. The lowest BCUT2D eigenvalue weighted by Gasteiger charge is -2.18. The fraction of sp³-hybridized carbons (Fsp3) is 0.273. The Kier molecular flexibility index (Phi) is 6.04. The van der Waals surface area contributed by atoms with E-state index in [0.29, 0.717) is 22.4 Å². The predicted molar refractivity (Wildman–Crippen MR) is 114 cm³/mol. The van der Waals surface area contributed by atoms with E-state index in [0.717, 1.165) is 5.56 Å². The van der Waals surface area contributed by atoms with E-state index in [-0.39, 0.29) is 11.3 Å².